The van der Waals surface area contributed by atoms with Gasteiger partial charge >= 0.3 is 6.18 Å². The third-order valence-electron chi connectivity index (χ3n) is 6.04. The van der Waals surface area contributed by atoms with Gasteiger partial charge in [0.05, 0.1) is 22.3 Å². The highest BCUT2D eigenvalue weighted by Gasteiger charge is 2.49. The average Bonchev–Trinajstić information content (AvgIpc) is 3.13. The third-order valence-corrected chi connectivity index (χ3v) is 6.45. The molecule has 0 saturated carbocycles. The summed E-state index contributed by atoms with van der Waals surface area (Å²) in [5.74, 6) is -0.867. The number of nitrogens with zero attached hydrogens (tertiary/aromatic N) is 4. The van der Waals surface area contributed by atoms with E-state index in [1.807, 2.05) is 4.90 Å². The van der Waals surface area contributed by atoms with E-state index in [1.165, 1.54) is 23.2 Å². The molecule has 0 spiro atoms. The van der Waals surface area contributed by atoms with Crippen LogP contribution in [0.1, 0.15) is 40.9 Å². The number of hydrogen-bond acceptors (Lipinski definition) is 5. The third kappa shape index (κ3) is 3.51. The number of fused-ring (bicyclic) bond motifs is 4. The number of carbonyl (C=O) groups is 1. The molecule has 2 fully saturated rings. The minimum atomic E-state index is -4.69. The molecular weight excluding hydrogens is 450 g/mol. The van der Waals surface area contributed by atoms with Crippen molar-refractivity contribution in [2.24, 2.45) is 5.10 Å². The monoisotopic (exact) mass is 467 g/mol. The van der Waals surface area contributed by atoms with Crippen molar-refractivity contribution in [2.45, 2.75) is 43.7 Å². The Kier molecular flexibility index (Phi) is 5.09. The number of halogens is 5. The van der Waals surface area contributed by atoms with Gasteiger partial charge in [0.2, 0.25) is 0 Å². The summed E-state index contributed by atoms with van der Waals surface area (Å²) >= 11 is 6.02. The zero-order chi connectivity index (χ0) is 22.6. The first-order chi connectivity index (χ1) is 15.2. The van der Waals surface area contributed by atoms with Crippen molar-refractivity contribution in [3.63, 3.8) is 0 Å². The topological polar surface area (TPSA) is 60.8 Å². The van der Waals surface area contributed by atoms with Crippen LogP contribution in [0.4, 0.5) is 17.6 Å². The van der Waals surface area contributed by atoms with Crippen molar-refractivity contribution in [1.29, 1.82) is 0 Å². The average molecular weight is 468 g/mol. The van der Waals surface area contributed by atoms with Gasteiger partial charge in [-0.15, -0.1) is 5.10 Å². The number of alkyl halides is 3. The Balaban J connectivity index is 1.57. The second-order valence-electron chi connectivity index (χ2n) is 8.07. The molecule has 0 radical (unpaired) electrons. The largest absolute Gasteiger partial charge is 0.417 e. The molecule has 2 bridgehead atoms. The van der Waals surface area contributed by atoms with Gasteiger partial charge in [0.25, 0.3) is 5.91 Å². The van der Waals surface area contributed by atoms with E-state index < -0.39 is 34.7 Å². The fraction of sp³-hybridized carbons (Fsp3) is 0.381. The van der Waals surface area contributed by atoms with E-state index in [2.05, 4.69) is 15.4 Å². The summed E-state index contributed by atoms with van der Waals surface area (Å²) < 4.78 is 53.4. The molecule has 6 nitrogen and oxygen atoms in total. The molecule has 3 aliphatic rings. The number of nitrogens with one attached hydrogen (secondary N) is 1. The number of rotatable bonds is 2. The molecular formula is C21H18ClF4N5O. The maximum Gasteiger partial charge on any atom is 0.417 e. The van der Waals surface area contributed by atoms with Crippen LogP contribution in [0.3, 0.4) is 0 Å². The minimum absolute atomic E-state index is 0.127. The molecule has 2 saturated heterocycles. The van der Waals surface area contributed by atoms with Crippen molar-refractivity contribution < 1.29 is 22.4 Å². The highest BCUT2D eigenvalue weighted by Crippen LogP contribution is 2.38. The molecule has 168 valence electrons. The van der Waals surface area contributed by atoms with Crippen LogP contribution in [-0.2, 0) is 6.18 Å². The van der Waals surface area contributed by atoms with Crippen molar-refractivity contribution >= 4 is 23.3 Å². The summed E-state index contributed by atoms with van der Waals surface area (Å²) in [6.07, 6.45) is -1.49. The number of pyridine rings is 1. The molecule has 1 aromatic carbocycles. The lowest BCUT2D eigenvalue weighted by atomic mass is 9.91. The van der Waals surface area contributed by atoms with E-state index in [0.29, 0.717) is 18.1 Å². The van der Waals surface area contributed by atoms with E-state index in [1.54, 1.807) is 0 Å². The van der Waals surface area contributed by atoms with Crippen molar-refractivity contribution in [2.75, 3.05) is 6.54 Å². The van der Waals surface area contributed by atoms with Gasteiger partial charge in [-0.25, -0.2) is 14.4 Å². The molecule has 11 heteroatoms. The number of hydrazone groups is 1. The molecule has 32 heavy (non-hydrogen) atoms. The Morgan fingerprint density at radius 3 is 2.72 bits per heavy atom. The predicted octanol–water partition coefficient (Wildman–Crippen LogP) is 3.86. The van der Waals surface area contributed by atoms with Crippen LogP contribution in [0.2, 0.25) is 5.02 Å². The maximum absolute atomic E-state index is 13.4. The highest BCUT2D eigenvalue weighted by molar-refractivity contribution is 6.34. The molecule has 0 aliphatic carbocycles. The van der Waals surface area contributed by atoms with Crippen molar-refractivity contribution in [3.05, 3.63) is 64.2 Å². The summed E-state index contributed by atoms with van der Waals surface area (Å²) in [7, 11) is 0. The fourth-order valence-corrected chi connectivity index (χ4v) is 4.95. The molecule has 5 rings (SSSR count). The molecule has 2 aromatic rings. The Hall–Kier alpha value is -2.72. The van der Waals surface area contributed by atoms with Gasteiger partial charge in [0.15, 0.2) is 5.84 Å². The lowest BCUT2D eigenvalue weighted by molar-refractivity contribution is -0.137. The van der Waals surface area contributed by atoms with Gasteiger partial charge < -0.3 is 10.2 Å². The number of piperazine rings is 1. The van der Waals surface area contributed by atoms with Gasteiger partial charge in [-0.05, 0) is 37.1 Å². The number of hydrogen-bond donors (Lipinski definition) is 1. The van der Waals surface area contributed by atoms with E-state index in [-0.39, 0.29) is 17.6 Å². The lowest BCUT2D eigenvalue weighted by Gasteiger charge is -2.47. The van der Waals surface area contributed by atoms with Gasteiger partial charge in [-0.1, -0.05) is 24.1 Å². The van der Waals surface area contributed by atoms with E-state index in [9.17, 15) is 22.4 Å². The fourth-order valence-electron chi connectivity index (χ4n) is 4.64. The smallest absolute Gasteiger partial charge is 0.328 e. The molecule has 4 heterocycles. The summed E-state index contributed by atoms with van der Waals surface area (Å²) in [4.78, 5) is 19.4. The van der Waals surface area contributed by atoms with Gasteiger partial charge in [-0.2, -0.15) is 13.2 Å². The van der Waals surface area contributed by atoms with Gasteiger partial charge in [0, 0.05) is 18.6 Å². The van der Waals surface area contributed by atoms with Crippen LogP contribution in [0.5, 0.6) is 0 Å². The van der Waals surface area contributed by atoms with Crippen molar-refractivity contribution in [1.82, 2.24) is 20.2 Å². The Labute approximate surface area is 185 Å². The molecule has 3 unspecified atom stereocenters. The normalized spacial score (nSPS) is 24.9. The van der Waals surface area contributed by atoms with E-state index in [4.69, 9.17) is 11.6 Å². The van der Waals surface area contributed by atoms with Crippen LogP contribution >= 0.6 is 11.6 Å². The van der Waals surface area contributed by atoms with Crippen LogP contribution in [0, 0.1) is 5.82 Å². The van der Waals surface area contributed by atoms with Crippen LogP contribution in [0.25, 0.3) is 0 Å². The Morgan fingerprint density at radius 2 is 2.00 bits per heavy atom. The molecule has 1 N–H and O–H groups in total. The lowest BCUT2D eigenvalue weighted by Crippen LogP contribution is -2.67. The molecule has 3 atom stereocenters. The number of piperidine rings is 1. The first-order valence-electron chi connectivity index (χ1n) is 10.2. The standard InChI is InChI=1S/C21H18ClF4N5O/c22-17-13(4-2-5-14(17)21(24,25)26)20(32)31-19-16-6-1-3-12(28-16)10-30(19)18(29-31)15-8-7-11(23)9-27-15/h2,4-5,7-9,12,16,19,28H,1,3,6,10H2. The molecule has 1 aromatic heterocycles. The maximum atomic E-state index is 13.4. The quantitative estimate of drug-likeness (QED) is 0.681. The summed E-state index contributed by atoms with van der Waals surface area (Å²) in [5, 5.41) is 8.47. The predicted molar refractivity (Wildman–Crippen MR) is 108 cm³/mol. The second-order valence-corrected chi connectivity index (χ2v) is 8.44. The highest BCUT2D eigenvalue weighted by atomic mass is 35.5. The number of amidine groups is 1. The Morgan fingerprint density at radius 1 is 1.19 bits per heavy atom. The Bertz CT molecular complexity index is 1090. The van der Waals surface area contributed by atoms with E-state index >= 15 is 0 Å². The van der Waals surface area contributed by atoms with Crippen LogP contribution in [-0.4, -0.2) is 51.4 Å². The summed E-state index contributed by atoms with van der Waals surface area (Å²) in [6, 6.07) is 6.01. The number of carbonyl (C=O) groups excluding carboxylic acids is 1. The number of aromatic nitrogens is 1. The zero-order valence-corrected chi connectivity index (χ0v) is 17.4. The van der Waals surface area contributed by atoms with Crippen LogP contribution < -0.4 is 5.32 Å². The first-order valence-corrected chi connectivity index (χ1v) is 10.5. The van der Waals surface area contributed by atoms with E-state index in [0.717, 1.165) is 37.6 Å². The zero-order valence-electron chi connectivity index (χ0n) is 16.6. The van der Waals surface area contributed by atoms with Crippen LogP contribution in [0.15, 0.2) is 41.6 Å². The SMILES string of the molecule is O=C(c1cccc(C(F)(F)F)c1Cl)N1N=C(c2ccc(F)cn2)N2CC3CCCC(N3)C21. The number of benzene rings is 1. The number of amides is 1. The second kappa shape index (κ2) is 7.70. The molecule has 1 amide bonds. The minimum Gasteiger partial charge on any atom is -0.328 e. The van der Waals surface area contributed by atoms with Gasteiger partial charge in [0.1, 0.15) is 17.7 Å². The summed E-state index contributed by atoms with van der Waals surface area (Å²) in [5.41, 5.74) is -0.983. The molecule has 3 aliphatic heterocycles. The summed E-state index contributed by atoms with van der Waals surface area (Å²) in [6.45, 7) is 0.541. The van der Waals surface area contributed by atoms with Crippen molar-refractivity contribution in [3.8, 4) is 0 Å². The van der Waals surface area contributed by atoms with Gasteiger partial charge in [-0.3, -0.25) is 4.79 Å². The first kappa shape index (κ1) is 21.1.